The summed E-state index contributed by atoms with van der Waals surface area (Å²) in [5.41, 5.74) is 10.3. The zero-order chi connectivity index (χ0) is 39.6. The number of pyridine rings is 3. The predicted octanol–water partition coefficient (Wildman–Crippen LogP) is 13.4. The molecule has 0 bridgehead atoms. The molecule has 0 unspecified atom stereocenters. The van der Waals surface area contributed by atoms with E-state index in [0.717, 1.165) is 111 Å². The Morgan fingerprint density at radius 1 is 0.333 bits per heavy atom. The number of fused-ring (bicyclic) bond motifs is 8. The van der Waals surface area contributed by atoms with E-state index >= 15 is 0 Å². The minimum atomic E-state index is 0.642. The highest BCUT2D eigenvalue weighted by atomic mass is 15.0. The van der Waals surface area contributed by atoms with Crippen molar-refractivity contribution < 1.29 is 0 Å². The molecular weight excluding hydrogens is 733 g/mol. The maximum absolute atomic E-state index is 5.35. The Hall–Kier alpha value is -7.96. The first kappa shape index (κ1) is 34.1. The van der Waals surface area contributed by atoms with E-state index in [1.807, 2.05) is 24.7 Å². The zero-order valence-corrected chi connectivity index (χ0v) is 32.4. The van der Waals surface area contributed by atoms with Gasteiger partial charge in [-0.3, -0.25) is 15.0 Å². The molecule has 0 saturated heterocycles. The quantitative estimate of drug-likeness (QED) is 0.162. The van der Waals surface area contributed by atoms with E-state index in [1.165, 1.54) is 5.39 Å². The van der Waals surface area contributed by atoms with Gasteiger partial charge in [-0.25, -0.2) is 15.0 Å². The minimum absolute atomic E-state index is 0.642. The number of benzene rings is 7. The van der Waals surface area contributed by atoms with Crippen LogP contribution in [0.3, 0.4) is 0 Å². The van der Waals surface area contributed by atoms with Crippen LogP contribution in [0.25, 0.3) is 116 Å². The third-order valence-electron chi connectivity index (χ3n) is 12.0. The molecule has 0 spiro atoms. The first-order valence-corrected chi connectivity index (χ1v) is 20.3. The molecule has 0 radical (unpaired) electrons. The van der Waals surface area contributed by atoms with Crippen LogP contribution in [0.1, 0.15) is 18.7 Å². The summed E-state index contributed by atoms with van der Waals surface area (Å²) < 4.78 is 0. The lowest BCUT2D eigenvalue weighted by atomic mass is 9.92. The van der Waals surface area contributed by atoms with Gasteiger partial charge < -0.3 is 0 Å². The molecule has 0 N–H and O–H groups in total. The Kier molecular flexibility index (Phi) is 7.88. The van der Waals surface area contributed by atoms with Gasteiger partial charge >= 0.3 is 0 Å². The third-order valence-corrected chi connectivity index (χ3v) is 12.0. The Morgan fingerprint density at radius 3 is 1.52 bits per heavy atom. The molecule has 11 aromatic rings. The van der Waals surface area contributed by atoms with Gasteiger partial charge in [-0.2, -0.15) is 0 Å². The summed E-state index contributed by atoms with van der Waals surface area (Å²) >= 11 is 0. The molecule has 6 heteroatoms. The van der Waals surface area contributed by atoms with Crippen LogP contribution in [0, 0.1) is 0 Å². The first-order chi connectivity index (χ1) is 29.8. The van der Waals surface area contributed by atoms with Crippen LogP contribution in [-0.4, -0.2) is 29.9 Å². The second kappa shape index (κ2) is 13.9. The van der Waals surface area contributed by atoms with Crippen molar-refractivity contribution in [3.05, 3.63) is 188 Å². The summed E-state index contributed by atoms with van der Waals surface area (Å²) in [5.74, 6) is 1.99. The van der Waals surface area contributed by atoms with Gasteiger partial charge in [-0.15, -0.1) is 0 Å². The van der Waals surface area contributed by atoms with Gasteiger partial charge in [0.2, 0.25) is 0 Å². The molecule has 0 atom stereocenters. The minimum Gasteiger partial charge on any atom is -0.256 e. The number of rotatable bonds is 5. The number of aromatic nitrogens is 6. The smallest absolute Gasteiger partial charge is 0.164 e. The van der Waals surface area contributed by atoms with Crippen molar-refractivity contribution in [2.24, 2.45) is 0 Å². The number of allylic oxidation sites excluding steroid dienone is 4. The molecule has 60 heavy (non-hydrogen) atoms. The highest BCUT2D eigenvalue weighted by Crippen LogP contribution is 2.41. The fourth-order valence-electron chi connectivity index (χ4n) is 9.14. The lowest BCUT2D eigenvalue weighted by Gasteiger charge is -2.16. The summed E-state index contributed by atoms with van der Waals surface area (Å²) in [6, 6.07) is 51.3. The van der Waals surface area contributed by atoms with Crippen LogP contribution in [0.5, 0.6) is 0 Å². The van der Waals surface area contributed by atoms with Crippen LogP contribution in [0.15, 0.2) is 182 Å². The molecular formula is C54H34N6. The SMILES string of the molecule is C1=CCCC(c2nc(-c3cccc4c(-c5ccnc6c5ccc5ccccc56)cccc34)nc(-c3cccc4c(-c5ccnc6c5ccc5cccnc56)cccc34)n2)=C1. The summed E-state index contributed by atoms with van der Waals surface area (Å²) in [4.78, 5) is 30.2. The van der Waals surface area contributed by atoms with E-state index in [9.17, 15) is 0 Å². The molecule has 280 valence electrons. The van der Waals surface area contributed by atoms with E-state index in [1.54, 1.807) is 0 Å². The van der Waals surface area contributed by atoms with E-state index in [2.05, 4.69) is 158 Å². The highest BCUT2D eigenvalue weighted by Gasteiger charge is 2.20. The van der Waals surface area contributed by atoms with E-state index in [-0.39, 0.29) is 0 Å². The van der Waals surface area contributed by atoms with Crippen LogP contribution < -0.4 is 0 Å². The molecule has 1 aliphatic carbocycles. The molecule has 4 aromatic heterocycles. The summed E-state index contributed by atoms with van der Waals surface area (Å²) in [6.45, 7) is 0. The molecule has 0 amide bonds. The van der Waals surface area contributed by atoms with Crippen molar-refractivity contribution >= 4 is 70.6 Å². The van der Waals surface area contributed by atoms with Crippen LogP contribution in [0.2, 0.25) is 0 Å². The van der Waals surface area contributed by atoms with Crippen molar-refractivity contribution in [2.75, 3.05) is 0 Å². The number of hydrogen-bond acceptors (Lipinski definition) is 6. The Labute approximate surface area is 345 Å². The predicted molar refractivity (Wildman–Crippen MR) is 246 cm³/mol. The number of nitrogens with zero attached hydrogens (tertiary/aromatic N) is 6. The van der Waals surface area contributed by atoms with Gasteiger partial charge in [0.1, 0.15) is 0 Å². The molecule has 1 aliphatic rings. The summed E-state index contributed by atoms with van der Waals surface area (Å²) in [5, 5.41) is 9.96. The molecule has 0 fully saturated rings. The average Bonchev–Trinajstić information content (AvgIpc) is 3.33. The van der Waals surface area contributed by atoms with Crippen molar-refractivity contribution in [3.63, 3.8) is 0 Å². The van der Waals surface area contributed by atoms with E-state index < -0.39 is 0 Å². The van der Waals surface area contributed by atoms with Gasteiger partial charge in [0.05, 0.1) is 16.6 Å². The maximum atomic E-state index is 5.35. The fourth-order valence-corrected chi connectivity index (χ4v) is 9.14. The van der Waals surface area contributed by atoms with Crippen molar-refractivity contribution in [2.45, 2.75) is 12.8 Å². The van der Waals surface area contributed by atoms with Gasteiger partial charge in [0.25, 0.3) is 0 Å². The van der Waals surface area contributed by atoms with Crippen LogP contribution >= 0.6 is 0 Å². The second-order valence-corrected chi connectivity index (χ2v) is 15.3. The Bertz CT molecular complexity index is 3400. The van der Waals surface area contributed by atoms with Crippen molar-refractivity contribution in [3.8, 4) is 45.0 Å². The fraction of sp³-hybridized carbons (Fsp3) is 0.0370. The summed E-state index contributed by atoms with van der Waals surface area (Å²) in [6.07, 6.45) is 13.9. The largest absolute Gasteiger partial charge is 0.256 e. The number of hydrogen-bond donors (Lipinski definition) is 0. The molecule has 6 nitrogen and oxygen atoms in total. The van der Waals surface area contributed by atoms with Crippen LogP contribution in [-0.2, 0) is 0 Å². The lowest BCUT2D eigenvalue weighted by molar-refractivity contribution is 0.979. The van der Waals surface area contributed by atoms with Gasteiger partial charge in [0.15, 0.2) is 17.5 Å². The third kappa shape index (κ3) is 5.49. The Morgan fingerprint density at radius 2 is 0.850 bits per heavy atom. The van der Waals surface area contributed by atoms with E-state index in [0.29, 0.717) is 17.5 Å². The van der Waals surface area contributed by atoms with Gasteiger partial charge in [-0.05, 0) is 85.8 Å². The van der Waals surface area contributed by atoms with Crippen LogP contribution in [0.4, 0.5) is 0 Å². The van der Waals surface area contributed by atoms with Crippen molar-refractivity contribution in [1.29, 1.82) is 0 Å². The normalized spacial score (nSPS) is 12.9. The molecule has 7 aromatic carbocycles. The van der Waals surface area contributed by atoms with Gasteiger partial charge in [-0.1, -0.05) is 146 Å². The Balaban J connectivity index is 1.05. The topological polar surface area (TPSA) is 77.3 Å². The summed E-state index contributed by atoms with van der Waals surface area (Å²) in [7, 11) is 0. The first-order valence-electron chi connectivity index (χ1n) is 20.3. The standard InChI is InChI=1S/C54H34N6/c1-2-12-35(13-3-1)52-58-53(47-22-8-18-37-39(16-6-20-41(37)47)43-28-31-56-50-36-15-5-4-11-33(36)24-26-45(43)50)60-54(59-52)48-23-9-19-38-40(17-7-21-42(38)48)44-29-32-57-51-46(44)27-25-34-14-10-30-55-49(34)51/h1-2,4-12,14-32H,3,13H2. The molecule has 12 rings (SSSR count). The average molecular weight is 767 g/mol. The monoisotopic (exact) mass is 766 g/mol. The molecule has 0 aliphatic heterocycles. The second-order valence-electron chi connectivity index (χ2n) is 15.3. The highest BCUT2D eigenvalue weighted by molar-refractivity contribution is 6.15. The van der Waals surface area contributed by atoms with E-state index in [4.69, 9.17) is 29.9 Å². The molecule has 4 heterocycles. The van der Waals surface area contributed by atoms with Crippen molar-refractivity contribution in [1.82, 2.24) is 29.9 Å². The molecule has 0 saturated carbocycles. The zero-order valence-electron chi connectivity index (χ0n) is 32.4. The maximum Gasteiger partial charge on any atom is 0.164 e. The van der Waals surface area contributed by atoms with Gasteiger partial charge in [0, 0.05) is 51.3 Å². The lowest BCUT2D eigenvalue weighted by Crippen LogP contribution is -2.04.